The third-order valence-corrected chi connectivity index (χ3v) is 4.02. The second-order valence-corrected chi connectivity index (χ2v) is 6.09. The van der Waals surface area contributed by atoms with Crippen molar-refractivity contribution in [2.45, 2.75) is 6.42 Å². The molecule has 2 N–H and O–H groups in total. The van der Waals surface area contributed by atoms with Gasteiger partial charge in [-0.3, -0.25) is 9.59 Å². The highest BCUT2D eigenvalue weighted by molar-refractivity contribution is 6.36. The highest BCUT2D eigenvalue weighted by Crippen LogP contribution is 2.34. The fraction of sp³-hybridized carbons (Fsp3) is 0.176. The van der Waals surface area contributed by atoms with Crippen LogP contribution in [0.5, 0.6) is 11.5 Å². The molecular weight excluding hydrogens is 367 g/mol. The second-order valence-electron chi connectivity index (χ2n) is 5.25. The summed E-state index contributed by atoms with van der Waals surface area (Å²) in [6.45, 7) is 0.347. The van der Waals surface area contributed by atoms with Crippen molar-refractivity contribution in [1.29, 1.82) is 0 Å². The summed E-state index contributed by atoms with van der Waals surface area (Å²) >= 11 is 11.8. The standard InChI is InChI=1S/C17H14Cl2N2O4/c18-10-1-3-12(13(19)7-10)17(23)20-6-5-16(22)21-11-2-4-14-15(8-11)25-9-24-14/h1-4,7-8H,5-6,9H2,(H,20,23)(H,21,22). The van der Waals surface area contributed by atoms with Crippen molar-refractivity contribution in [2.75, 3.05) is 18.7 Å². The highest BCUT2D eigenvalue weighted by atomic mass is 35.5. The maximum Gasteiger partial charge on any atom is 0.252 e. The Bertz CT molecular complexity index is 826. The van der Waals surface area contributed by atoms with Crippen LogP contribution in [0.15, 0.2) is 36.4 Å². The molecule has 0 atom stereocenters. The lowest BCUT2D eigenvalue weighted by Gasteiger charge is -2.08. The van der Waals surface area contributed by atoms with Gasteiger partial charge >= 0.3 is 0 Å². The minimum atomic E-state index is -0.363. The third kappa shape index (κ3) is 4.35. The number of nitrogens with one attached hydrogen (secondary N) is 2. The van der Waals surface area contributed by atoms with Crippen molar-refractivity contribution in [2.24, 2.45) is 0 Å². The Morgan fingerprint density at radius 3 is 2.64 bits per heavy atom. The summed E-state index contributed by atoms with van der Waals surface area (Å²) in [4.78, 5) is 24.0. The largest absolute Gasteiger partial charge is 0.454 e. The molecule has 8 heteroatoms. The van der Waals surface area contributed by atoms with Crippen molar-refractivity contribution < 1.29 is 19.1 Å². The predicted molar refractivity (Wildman–Crippen MR) is 94.6 cm³/mol. The van der Waals surface area contributed by atoms with Gasteiger partial charge in [0.05, 0.1) is 10.6 Å². The Labute approximate surface area is 154 Å². The van der Waals surface area contributed by atoms with Crippen molar-refractivity contribution in [3.05, 3.63) is 52.0 Å². The van der Waals surface area contributed by atoms with Crippen LogP contribution >= 0.6 is 23.2 Å². The average Bonchev–Trinajstić information content (AvgIpc) is 3.02. The summed E-state index contributed by atoms with van der Waals surface area (Å²) in [6, 6.07) is 9.73. The summed E-state index contributed by atoms with van der Waals surface area (Å²) in [6.07, 6.45) is 0.116. The van der Waals surface area contributed by atoms with E-state index in [9.17, 15) is 9.59 Å². The third-order valence-electron chi connectivity index (χ3n) is 3.47. The van der Waals surface area contributed by atoms with Gasteiger partial charge in [-0.25, -0.2) is 0 Å². The van der Waals surface area contributed by atoms with Gasteiger partial charge in [-0.15, -0.1) is 0 Å². The number of halogens is 2. The van der Waals surface area contributed by atoms with Crippen LogP contribution < -0.4 is 20.1 Å². The molecule has 0 spiro atoms. The highest BCUT2D eigenvalue weighted by Gasteiger charge is 2.14. The van der Waals surface area contributed by atoms with Gasteiger partial charge in [-0.05, 0) is 30.3 Å². The molecule has 130 valence electrons. The molecule has 0 saturated heterocycles. The molecule has 2 amide bonds. The fourth-order valence-corrected chi connectivity index (χ4v) is 2.75. The Morgan fingerprint density at radius 1 is 1.04 bits per heavy atom. The smallest absolute Gasteiger partial charge is 0.252 e. The molecule has 0 unspecified atom stereocenters. The first-order chi connectivity index (χ1) is 12.0. The SMILES string of the molecule is O=C(CCNC(=O)c1ccc(Cl)cc1Cl)Nc1ccc2c(c1)OCO2. The first-order valence-corrected chi connectivity index (χ1v) is 8.21. The van der Waals surface area contributed by atoms with Gasteiger partial charge in [-0.1, -0.05) is 23.2 Å². The van der Waals surface area contributed by atoms with E-state index in [4.69, 9.17) is 32.7 Å². The van der Waals surface area contributed by atoms with Crippen LogP contribution in [-0.4, -0.2) is 25.2 Å². The number of rotatable bonds is 5. The quantitative estimate of drug-likeness (QED) is 0.832. The molecule has 0 fully saturated rings. The van der Waals surface area contributed by atoms with Crippen LogP contribution in [0.25, 0.3) is 0 Å². The molecule has 2 aromatic rings. The Hall–Kier alpha value is -2.44. The van der Waals surface area contributed by atoms with E-state index in [-0.39, 0.29) is 36.6 Å². The number of hydrogen-bond acceptors (Lipinski definition) is 4. The normalized spacial score (nSPS) is 11.9. The lowest BCUT2D eigenvalue weighted by atomic mass is 10.2. The topological polar surface area (TPSA) is 76.7 Å². The summed E-state index contributed by atoms with van der Waals surface area (Å²) < 4.78 is 10.5. The van der Waals surface area contributed by atoms with Crippen LogP contribution in [0.2, 0.25) is 10.0 Å². The van der Waals surface area contributed by atoms with Crippen molar-refractivity contribution in [3.63, 3.8) is 0 Å². The Kier molecular flexibility index (Phi) is 5.31. The van der Waals surface area contributed by atoms with Crippen molar-refractivity contribution >= 4 is 40.7 Å². The van der Waals surface area contributed by atoms with Gasteiger partial charge in [0.2, 0.25) is 12.7 Å². The minimum absolute atomic E-state index is 0.116. The number of amides is 2. The lowest BCUT2D eigenvalue weighted by Crippen LogP contribution is -2.27. The van der Waals surface area contributed by atoms with Crippen molar-refractivity contribution in [1.82, 2.24) is 5.32 Å². The van der Waals surface area contributed by atoms with Crippen LogP contribution in [0, 0.1) is 0 Å². The van der Waals surface area contributed by atoms with Crippen LogP contribution in [0.3, 0.4) is 0 Å². The number of anilines is 1. The second kappa shape index (κ2) is 7.63. The van der Waals surface area contributed by atoms with E-state index < -0.39 is 0 Å². The number of ether oxygens (including phenoxy) is 2. The lowest BCUT2D eigenvalue weighted by molar-refractivity contribution is -0.116. The molecule has 0 aliphatic carbocycles. The molecule has 1 aliphatic rings. The minimum Gasteiger partial charge on any atom is -0.454 e. The molecule has 3 rings (SSSR count). The zero-order valence-corrected chi connectivity index (χ0v) is 14.5. The van der Waals surface area contributed by atoms with Crippen LogP contribution in [0.1, 0.15) is 16.8 Å². The molecule has 0 bridgehead atoms. The zero-order chi connectivity index (χ0) is 17.8. The van der Waals surface area contributed by atoms with Crippen molar-refractivity contribution in [3.8, 4) is 11.5 Å². The van der Waals surface area contributed by atoms with E-state index in [0.29, 0.717) is 27.8 Å². The van der Waals surface area contributed by atoms with E-state index >= 15 is 0 Å². The van der Waals surface area contributed by atoms with Gasteiger partial charge in [-0.2, -0.15) is 0 Å². The summed E-state index contributed by atoms with van der Waals surface area (Å²) in [5.74, 6) is 0.632. The number of carbonyl (C=O) groups is 2. The Morgan fingerprint density at radius 2 is 1.84 bits per heavy atom. The van der Waals surface area contributed by atoms with Gasteiger partial charge in [0, 0.05) is 29.7 Å². The maximum atomic E-state index is 12.0. The summed E-state index contributed by atoms with van der Waals surface area (Å²) in [7, 11) is 0. The van der Waals surface area contributed by atoms with Gasteiger partial charge in [0.1, 0.15) is 0 Å². The maximum absolute atomic E-state index is 12.0. The number of fused-ring (bicyclic) bond motifs is 1. The van der Waals surface area contributed by atoms with Gasteiger partial charge in [0.15, 0.2) is 11.5 Å². The number of carbonyl (C=O) groups excluding carboxylic acids is 2. The summed E-state index contributed by atoms with van der Waals surface area (Å²) in [5, 5.41) is 6.09. The molecule has 1 heterocycles. The Balaban J connectivity index is 1.48. The van der Waals surface area contributed by atoms with Gasteiger partial charge < -0.3 is 20.1 Å². The van der Waals surface area contributed by atoms with E-state index in [0.717, 1.165) is 0 Å². The first kappa shape index (κ1) is 17.4. The fourth-order valence-electron chi connectivity index (χ4n) is 2.26. The molecule has 2 aromatic carbocycles. The van der Waals surface area contributed by atoms with E-state index in [2.05, 4.69) is 10.6 Å². The molecule has 0 aromatic heterocycles. The molecule has 1 aliphatic heterocycles. The van der Waals surface area contributed by atoms with E-state index in [1.165, 1.54) is 12.1 Å². The van der Waals surface area contributed by atoms with Crippen LogP contribution in [-0.2, 0) is 4.79 Å². The van der Waals surface area contributed by atoms with E-state index in [1.807, 2.05) is 0 Å². The monoisotopic (exact) mass is 380 g/mol. The molecule has 25 heavy (non-hydrogen) atoms. The number of hydrogen-bond donors (Lipinski definition) is 2. The number of benzene rings is 2. The summed E-state index contributed by atoms with van der Waals surface area (Å²) in [5.41, 5.74) is 0.906. The first-order valence-electron chi connectivity index (χ1n) is 7.45. The van der Waals surface area contributed by atoms with E-state index in [1.54, 1.807) is 24.3 Å². The molecule has 6 nitrogen and oxygen atoms in total. The van der Waals surface area contributed by atoms with Crippen LogP contribution in [0.4, 0.5) is 5.69 Å². The molecule has 0 saturated carbocycles. The van der Waals surface area contributed by atoms with Gasteiger partial charge in [0.25, 0.3) is 5.91 Å². The average molecular weight is 381 g/mol. The molecule has 0 radical (unpaired) electrons. The predicted octanol–water partition coefficient (Wildman–Crippen LogP) is 3.48. The molecular formula is C17H14Cl2N2O4. The zero-order valence-electron chi connectivity index (χ0n) is 13.0.